The molecule has 0 radical (unpaired) electrons. The lowest BCUT2D eigenvalue weighted by Gasteiger charge is -2.25. The number of hydrogen-bond donors (Lipinski definition) is 1. The molecule has 6 rings (SSSR count). The summed E-state index contributed by atoms with van der Waals surface area (Å²) in [5.41, 5.74) is 3.51. The third-order valence-electron chi connectivity index (χ3n) is 5.88. The highest BCUT2D eigenvalue weighted by molar-refractivity contribution is 7.22. The Morgan fingerprint density at radius 2 is 1.95 bits per heavy atom. The van der Waals surface area contributed by atoms with Gasteiger partial charge >= 0.3 is 0 Å². The van der Waals surface area contributed by atoms with Crippen LogP contribution in [-0.2, 0) is 4.74 Å². The summed E-state index contributed by atoms with van der Waals surface area (Å²) >= 11 is 1.48. The van der Waals surface area contributed by atoms with Gasteiger partial charge in [-0.2, -0.15) is 4.98 Å². The Balaban J connectivity index is 1.36. The molecular weight excluding hydrogens is 495 g/mol. The third kappa shape index (κ3) is 4.78. The van der Waals surface area contributed by atoms with E-state index >= 15 is 0 Å². The topological polar surface area (TPSA) is 106 Å². The number of oxazole rings is 1. The minimum atomic E-state index is -0.475. The Hall–Kier alpha value is -4.22. The maximum Gasteiger partial charge on any atom is 0.277 e. The van der Waals surface area contributed by atoms with E-state index in [1.165, 1.54) is 29.7 Å². The fourth-order valence-corrected chi connectivity index (χ4v) is 5.07. The van der Waals surface area contributed by atoms with Crippen LogP contribution >= 0.6 is 11.3 Å². The standard InChI is InChI=1S/C26H21FN6O3S/c1-15-11-17(5-6-28-15)25-30-20(14-36-25)24(34)29-19-13-21-23(31-22(19)16-3-2-4-18(27)12-16)32-26(37-21)33-7-9-35-10-8-33/h2-6,11-14H,7-10H2,1H3,(H,29,34). The first-order chi connectivity index (χ1) is 18.0. The molecule has 1 aromatic carbocycles. The Bertz CT molecular complexity index is 1610. The number of anilines is 2. The smallest absolute Gasteiger partial charge is 0.277 e. The molecule has 5 aromatic rings. The molecule has 37 heavy (non-hydrogen) atoms. The number of ether oxygens (including phenoxy) is 1. The highest BCUT2D eigenvalue weighted by Crippen LogP contribution is 2.35. The largest absolute Gasteiger partial charge is 0.444 e. The van der Waals surface area contributed by atoms with Gasteiger partial charge in [-0.05, 0) is 37.3 Å². The number of benzene rings is 1. The van der Waals surface area contributed by atoms with Crippen LogP contribution in [0.25, 0.3) is 33.1 Å². The molecule has 0 unspecified atom stereocenters. The van der Waals surface area contributed by atoms with Crippen LogP contribution in [0.2, 0.25) is 0 Å². The van der Waals surface area contributed by atoms with Gasteiger partial charge in [-0.15, -0.1) is 0 Å². The Labute approximate surface area is 215 Å². The maximum atomic E-state index is 14.1. The van der Waals surface area contributed by atoms with Crippen molar-refractivity contribution < 1.29 is 18.3 Å². The number of nitrogens with zero attached hydrogens (tertiary/aromatic N) is 5. The number of rotatable bonds is 5. The van der Waals surface area contributed by atoms with E-state index in [9.17, 15) is 9.18 Å². The number of carbonyl (C=O) groups excluding carboxylic acids is 1. The zero-order valence-electron chi connectivity index (χ0n) is 19.8. The molecule has 9 nitrogen and oxygen atoms in total. The highest BCUT2D eigenvalue weighted by atomic mass is 32.1. The van der Waals surface area contributed by atoms with Gasteiger partial charge in [0, 0.05) is 36.1 Å². The Morgan fingerprint density at radius 1 is 1.08 bits per heavy atom. The summed E-state index contributed by atoms with van der Waals surface area (Å²) in [6, 6.07) is 11.5. The van der Waals surface area contributed by atoms with Crippen LogP contribution in [0, 0.1) is 12.7 Å². The van der Waals surface area contributed by atoms with Gasteiger partial charge in [0.2, 0.25) is 5.89 Å². The normalized spacial score (nSPS) is 13.7. The van der Waals surface area contributed by atoms with E-state index in [0.717, 1.165) is 34.2 Å². The molecule has 5 heterocycles. The van der Waals surface area contributed by atoms with Gasteiger partial charge in [-0.1, -0.05) is 23.5 Å². The zero-order chi connectivity index (χ0) is 25.4. The molecule has 1 saturated heterocycles. The van der Waals surface area contributed by atoms with E-state index in [0.29, 0.717) is 41.7 Å². The lowest BCUT2D eigenvalue weighted by molar-refractivity contribution is 0.102. The number of amides is 1. The first-order valence-electron chi connectivity index (χ1n) is 11.6. The summed E-state index contributed by atoms with van der Waals surface area (Å²) < 4.78 is 25.9. The number of morpholine rings is 1. The van der Waals surface area contributed by atoms with Crippen molar-refractivity contribution in [2.45, 2.75) is 6.92 Å². The van der Waals surface area contributed by atoms with Crippen molar-refractivity contribution in [3.05, 3.63) is 72.1 Å². The molecule has 0 saturated carbocycles. The molecule has 1 N–H and O–H groups in total. The lowest BCUT2D eigenvalue weighted by Crippen LogP contribution is -2.36. The first-order valence-corrected chi connectivity index (χ1v) is 12.5. The number of thiazole rings is 1. The maximum absolute atomic E-state index is 14.1. The van der Waals surface area contributed by atoms with Crippen molar-refractivity contribution in [2.24, 2.45) is 0 Å². The fraction of sp³-hybridized carbons (Fsp3) is 0.192. The number of nitrogens with one attached hydrogen (secondary N) is 1. The molecular formula is C26H21FN6O3S. The number of pyridine rings is 2. The summed E-state index contributed by atoms with van der Waals surface area (Å²) in [6.07, 6.45) is 2.96. The fourth-order valence-electron chi connectivity index (χ4n) is 4.07. The highest BCUT2D eigenvalue weighted by Gasteiger charge is 2.21. The van der Waals surface area contributed by atoms with Gasteiger partial charge in [0.05, 0.1) is 29.3 Å². The number of halogens is 1. The third-order valence-corrected chi connectivity index (χ3v) is 6.93. The summed E-state index contributed by atoms with van der Waals surface area (Å²) in [5, 5.41) is 3.72. The number of hydrogen-bond acceptors (Lipinski definition) is 9. The molecule has 1 aliphatic heterocycles. The summed E-state index contributed by atoms with van der Waals surface area (Å²) in [4.78, 5) is 33.3. The van der Waals surface area contributed by atoms with Crippen molar-refractivity contribution in [2.75, 3.05) is 36.5 Å². The number of aromatic nitrogens is 4. The van der Waals surface area contributed by atoms with Crippen molar-refractivity contribution in [1.82, 2.24) is 19.9 Å². The average Bonchev–Trinajstić information content (AvgIpc) is 3.56. The molecule has 1 aliphatic rings. The molecule has 186 valence electrons. The number of carbonyl (C=O) groups is 1. The number of aryl methyl sites for hydroxylation is 1. The average molecular weight is 517 g/mol. The minimum Gasteiger partial charge on any atom is -0.444 e. The van der Waals surface area contributed by atoms with Crippen molar-refractivity contribution in [1.29, 1.82) is 0 Å². The van der Waals surface area contributed by atoms with E-state index < -0.39 is 11.7 Å². The van der Waals surface area contributed by atoms with E-state index in [2.05, 4.69) is 20.2 Å². The summed E-state index contributed by atoms with van der Waals surface area (Å²) in [6.45, 7) is 4.62. The van der Waals surface area contributed by atoms with Crippen LogP contribution < -0.4 is 10.2 Å². The number of fused-ring (bicyclic) bond motifs is 1. The van der Waals surface area contributed by atoms with Gasteiger partial charge in [0.25, 0.3) is 5.91 Å². The second kappa shape index (κ2) is 9.68. The molecule has 1 fully saturated rings. The van der Waals surface area contributed by atoms with Crippen molar-refractivity contribution in [3.8, 4) is 22.7 Å². The van der Waals surface area contributed by atoms with Crippen molar-refractivity contribution >= 4 is 38.4 Å². The van der Waals surface area contributed by atoms with E-state index in [1.807, 2.05) is 19.1 Å². The van der Waals surface area contributed by atoms with Gasteiger partial charge < -0.3 is 19.4 Å². The molecule has 0 bridgehead atoms. The van der Waals surface area contributed by atoms with Crippen LogP contribution in [-0.4, -0.2) is 52.1 Å². The zero-order valence-corrected chi connectivity index (χ0v) is 20.6. The van der Waals surface area contributed by atoms with Gasteiger partial charge in [0.1, 0.15) is 12.1 Å². The Kier molecular flexibility index (Phi) is 6.07. The molecule has 11 heteroatoms. The van der Waals surface area contributed by atoms with Crippen LogP contribution in [0.1, 0.15) is 16.2 Å². The van der Waals surface area contributed by atoms with Crippen molar-refractivity contribution in [3.63, 3.8) is 0 Å². The second-order valence-corrected chi connectivity index (χ2v) is 9.50. The van der Waals surface area contributed by atoms with E-state index in [-0.39, 0.29) is 5.69 Å². The predicted octanol–water partition coefficient (Wildman–Crippen LogP) is 4.94. The monoisotopic (exact) mass is 516 g/mol. The molecule has 0 spiro atoms. The van der Waals surface area contributed by atoms with Gasteiger partial charge in [-0.25, -0.2) is 14.4 Å². The predicted molar refractivity (Wildman–Crippen MR) is 138 cm³/mol. The van der Waals surface area contributed by atoms with E-state index in [1.54, 1.807) is 24.4 Å². The molecule has 1 amide bonds. The van der Waals surface area contributed by atoms with E-state index in [4.69, 9.17) is 19.1 Å². The molecule has 0 aliphatic carbocycles. The molecule has 0 atom stereocenters. The van der Waals surface area contributed by atoms with Gasteiger partial charge in [0.15, 0.2) is 16.5 Å². The van der Waals surface area contributed by atoms with Crippen LogP contribution in [0.15, 0.2) is 59.3 Å². The summed E-state index contributed by atoms with van der Waals surface area (Å²) in [5.74, 6) is -0.567. The minimum absolute atomic E-state index is 0.105. The second-order valence-electron chi connectivity index (χ2n) is 8.49. The quantitative estimate of drug-likeness (QED) is 0.350. The van der Waals surface area contributed by atoms with Gasteiger partial charge in [-0.3, -0.25) is 9.78 Å². The summed E-state index contributed by atoms with van der Waals surface area (Å²) in [7, 11) is 0. The van der Waals surface area contributed by atoms with Crippen LogP contribution in [0.4, 0.5) is 15.2 Å². The lowest BCUT2D eigenvalue weighted by atomic mass is 10.1. The molecule has 4 aromatic heterocycles. The SMILES string of the molecule is Cc1cc(-c2nc(C(=O)Nc3cc4sc(N5CCOCC5)nc4nc3-c3cccc(F)c3)co2)ccn1. The Morgan fingerprint density at radius 3 is 2.76 bits per heavy atom. The van der Waals surface area contributed by atoms with Crippen LogP contribution in [0.3, 0.4) is 0 Å². The van der Waals surface area contributed by atoms with Crippen LogP contribution in [0.5, 0.6) is 0 Å². The first kappa shape index (κ1) is 23.2.